The van der Waals surface area contributed by atoms with Gasteiger partial charge >= 0.3 is 6.08 Å². The lowest BCUT2D eigenvalue weighted by molar-refractivity contribution is -0.691. The average molecular weight is 174 g/mol. The van der Waals surface area contributed by atoms with Crippen LogP contribution in [-0.2, 0) is 6.54 Å². The van der Waals surface area contributed by atoms with Crippen molar-refractivity contribution in [3.05, 3.63) is 42.5 Å². The fraction of sp³-hybridized carbons (Fsp3) is 0.125. The summed E-state index contributed by atoms with van der Waals surface area (Å²) in [5.74, 6) is -1.40. The number of pyridine rings is 1. The third-order valence-corrected chi connectivity index (χ3v) is 1.30. The molecular formula is C8H7F3N+. The number of hydrogen-bond donors (Lipinski definition) is 0. The van der Waals surface area contributed by atoms with Crippen molar-refractivity contribution in [2.45, 2.75) is 6.54 Å². The SMILES string of the molecule is FC(F)=C(F)C[n+]1ccccc1. The molecule has 0 aromatic carbocycles. The number of allylic oxidation sites excluding steroid dienone is 1. The summed E-state index contributed by atoms with van der Waals surface area (Å²) in [6, 6.07) is 5.01. The van der Waals surface area contributed by atoms with Gasteiger partial charge in [-0.3, -0.25) is 0 Å². The molecule has 0 saturated carbocycles. The van der Waals surface area contributed by atoms with Crippen molar-refractivity contribution in [1.82, 2.24) is 0 Å². The molecule has 1 aromatic rings. The van der Waals surface area contributed by atoms with Gasteiger partial charge in [0.1, 0.15) is 0 Å². The Labute approximate surface area is 67.8 Å². The molecule has 0 aliphatic carbocycles. The largest absolute Gasteiger partial charge is 0.308 e. The molecule has 0 spiro atoms. The summed E-state index contributed by atoms with van der Waals surface area (Å²) >= 11 is 0. The van der Waals surface area contributed by atoms with Crippen LogP contribution in [0.1, 0.15) is 0 Å². The maximum atomic E-state index is 12.3. The van der Waals surface area contributed by atoms with Crippen molar-refractivity contribution in [2.24, 2.45) is 0 Å². The summed E-state index contributed by atoms with van der Waals surface area (Å²) in [7, 11) is 0. The molecule has 0 unspecified atom stereocenters. The number of aromatic nitrogens is 1. The predicted molar refractivity (Wildman–Crippen MR) is 37.0 cm³/mol. The van der Waals surface area contributed by atoms with Crippen LogP contribution < -0.4 is 4.57 Å². The minimum absolute atomic E-state index is 0.414. The zero-order valence-corrected chi connectivity index (χ0v) is 6.17. The maximum absolute atomic E-state index is 12.3. The monoisotopic (exact) mass is 174 g/mol. The Hall–Kier alpha value is -1.32. The first kappa shape index (κ1) is 8.77. The van der Waals surface area contributed by atoms with E-state index >= 15 is 0 Å². The van der Waals surface area contributed by atoms with Crippen molar-refractivity contribution >= 4 is 0 Å². The molecule has 0 N–H and O–H groups in total. The number of halogens is 3. The Morgan fingerprint density at radius 1 is 1.00 bits per heavy atom. The number of rotatable bonds is 2. The van der Waals surface area contributed by atoms with E-state index in [1.807, 2.05) is 0 Å². The van der Waals surface area contributed by atoms with Crippen LogP contribution in [0.25, 0.3) is 0 Å². The molecule has 1 rings (SSSR count). The smallest absolute Gasteiger partial charge is 0.199 e. The fourth-order valence-corrected chi connectivity index (χ4v) is 0.760. The third kappa shape index (κ3) is 2.38. The van der Waals surface area contributed by atoms with Gasteiger partial charge in [-0.05, 0) is 0 Å². The second-order valence-electron chi connectivity index (χ2n) is 2.21. The number of hydrogen-bond acceptors (Lipinski definition) is 0. The van der Waals surface area contributed by atoms with E-state index in [9.17, 15) is 13.2 Å². The molecule has 0 aliphatic heterocycles. The molecular weight excluding hydrogens is 167 g/mol. The van der Waals surface area contributed by atoms with Gasteiger partial charge in [-0.1, -0.05) is 6.07 Å². The molecule has 12 heavy (non-hydrogen) atoms. The standard InChI is InChI=1S/C8H7F3N/c9-7(8(10)11)6-12-4-2-1-3-5-12/h1-5H,6H2/q+1. The Morgan fingerprint density at radius 3 is 2.08 bits per heavy atom. The van der Waals surface area contributed by atoms with Crippen LogP contribution in [0.3, 0.4) is 0 Å². The van der Waals surface area contributed by atoms with Gasteiger partial charge in [0.2, 0.25) is 12.4 Å². The summed E-state index contributed by atoms with van der Waals surface area (Å²) in [4.78, 5) is 0. The van der Waals surface area contributed by atoms with Crippen LogP contribution in [0.4, 0.5) is 13.2 Å². The normalized spacial score (nSPS) is 9.58. The Balaban J connectivity index is 2.72. The molecule has 64 valence electrons. The summed E-state index contributed by atoms with van der Waals surface area (Å²) in [5, 5.41) is 0. The minimum Gasteiger partial charge on any atom is -0.199 e. The lowest BCUT2D eigenvalue weighted by atomic mass is 10.4. The molecule has 4 heteroatoms. The van der Waals surface area contributed by atoms with Crippen molar-refractivity contribution in [3.63, 3.8) is 0 Å². The van der Waals surface area contributed by atoms with Crippen molar-refractivity contribution in [1.29, 1.82) is 0 Å². The van der Waals surface area contributed by atoms with E-state index in [1.165, 1.54) is 17.0 Å². The third-order valence-electron chi connectivity index (χ3n) is 1.30. The highest BCUT2D eigenvalue weighted by Crippen LogP contribution is 2.08. The molecule has 1 aromatic heterocycles. The molecule has 1 nitrogen and oxygen atoms in total. The van der Waals surface area contributed by atoms with Gasteiger partial charge in [0, 0.05) is 12.1 Å². The Morgan fingerprint density at radius 2 is 1.58 bits per heavy atom. The van der Waals surface area contributed by atoms with Crippen LogP contribution in [0.15, 0.2) is 42.5 Å². The van der Waals surface area contributed by atoms with E-state index < -0.39 is 18.5 Å². The molecule has 1 heterocycles. The molecule has 0 aliphatic rings. The minimum atomic E-state index is -2.26. The second kappa shape index (κ2) is 3.90. The van der Waals surface area contributed by atoms with E-state index in [2.05, 4.69) is 0 Å². The predicted octanol–water partition coefficient (Wildman–Crippen LogP) is 2.05. The molecule has 0 bridgehead atoms. The topological polar surface area (TPSA) is 3.88 Å². The Kier molecular flexibility index (Phi) is 2.85. The Bertz CT molecular complexity index is 278. The van der Waals surface area contributed by atoms with Crippen LogP contribution in [0.2, 0.25) is 0 Å². The zero-order chi connectivity index (χ0) is 8.97. The highest BCUT2D eigenvalue weighted by atomic mass is 19.3. The highest BCUT2D eigenvalue weighted by molar-refractivity contribution is 4.89. The fourth-order valence-electron chi connectivity index (χ4n) is 0.760. The first-order valence-electron chi connectivity index (χ1n) is 3.34. The van der Waals surface area contributed by atoms with Crippen LogP contribution in [-0.4, -0.2) is 0 Å². The first-order chi connectivity index (χ1) is 5.70. The second-order valence-corrected chi connectivity index (χ2v) is 2.21. The van der Waals surface area contributed by atoms with Gasteiger partial charge in [0.05, 0.1) is 0 Å². The van der Waals surface area contributed by atoms with Crippen molar-refractivity contribution < 1.29 is 17.7 Å². The van der Waals surface area contributed by atoms with Gasteiger partial charge in [0.15, 0.2) is 12.4 Å². The van der Waals surface area contributed by atoms with E-state index in [1.54, 1.807) is 18.2 Å². The van der Waals surface area contributed by atoms with E-state index in [4.69, 9.17) is 0 Å². The van der Waals surface area contributed by atoms with E-state index in [-0.39, 0.29) is 0 Å². The van der Waals surface area contributed by atoms with Crippen LogP contribution in [0, 0.1) is 0 Å². The number of nitrogens with zero attached hydrogens (tertiary/aromatic N) is 1. The quantitative estimate of drug-likeness (QED) is 0.604. The van der Waals surface area contributed by atoms with Crippen LogP contribution in [0.5, 0.6) is 0 Å². The van der Waals surface area contributed by atoms with Gasteiger partial charge in [-0.15, -0.1) is 0 Å². The van der Waals surface area contributed by atoms with Gasteiger partial charge in [-0.2, -0.15) is 17.7 Å². The summed E-state index contributed by atoms with van der Waals surface area (Å²) < 4.78 is 36.9. The molecule has 0 saturated heterocycles. The molecule has 0 atom stereocenters. The molecule has 0 amide bonds. The lowest BCUT2D eigenvalue weighted by Crippen LogP contribution is -2.32. The van der Waals surface area contributed by atoms with E-state index in [0.29, 0.717) is 0 Å². The zero-order valence-electron chi connectivity index (χ0n) is 6.17. The van der Waals surface area contributed by atoms with Gasteiger partial charge in [0.25, 0.3) is 0 Å². The van der Waals surface area contributed by atoms with Gasteiger partial charge < -0.3 is 0 Å². The highest BCUT2D eigenvalue weighted by Gasteiger charge is 2.09. The summed E-state index contributed by atoms with van der Waals surface area (Å²) in [5.41, 5.74) is 0. The van der Waals surface area contributed by atoms with Gasteiger partial charge in [-0.25, -0.2) is 0 Å². The first-order valence-corrected chi connectivity index (χ1v) is 3.34. The molecule has 0 fully saturated rings. The van der Waals surface area contributed by atoms with Crippen LogP contribution >= 0.6 is 0 Å². The maximum Gasteiger partial charge on any atom is 0.308 e. The summed E-state index contributed by atoms with van der Waals surface area (Å²) in [6.07, 6.45) is 0.775. The van der Waals surface area contributed by atoms with Crippen molar-refractivity contribution in [3.8, 4) is 0 Å². The van der Waals surface area contributed by atoms with E-state index in [0.717, 1.165) is 0 Å². The van der Waals surface area contributed by atoms with Crippen molar-refractivity contribution in [2.75, 3.05) is 0 Å². The lowest BCUT2D eigenvalue weighted by Gasteiger charge is -1.91. The molecule has 0 radical (unpaired) electrons. The summed E-state index contributed by atoms with van der Waals surface area (Å²) in [6.45, 7) is -0.414. The average Bonchev–Trinajstić information content (AvgIpc) is 2.06.